The molecule has 2 aliphatic carbocycles. The van der Waals surface area contributed by atoms with Crippen molar-refractivity contribution in [3.8, 4) is 0 Å². The molecule has 160 valence electrons. The molecule has 1 saturated carbocycles. The van der Waals surface area contributed by atoms with Gasteiger partial charge in [0.1, 0.15) is 0 Å². The molecule has 5 atom stereocenters. The monoisotopic (exact) mass is 423 g/mol. The molecule has 9 heteroatoms. The van der Waals surface area contributed by atoms with Crippen molar-refractivity contribution >= 4 is 34.9 Å². The topological polar surface area (TPSA) is 118 Å². The van der Waals surface area contributed by atoms with Crippen molar-refractivity contribution in [3.63, 3.8) is 0 Å². The van der Waals surface area contributed by atoms with Crippen molar-refractivity contribution in [1.82, 2.24) is 9.80 Å². The van der Waals surface area contributed by atoms with Crippen molar-refractivity contribution in [2.24, 2.45) is 29.6 Å². The molecule has 2 aliphatic heterocycles. The fourth-order valence-corrected chi connectivity index (χ4v) is 5.94. The Hall–Kier alpha value is -3.36. The first kappa shape index (κ1) is 19.6. The molecule has 0 unspecified atom stereocenters. The molecular formula is C22H21N3O6. The van der Waals surface area contributed by atoms with Gasteiger partial charge in [-0.2, -0.15) is 0 Å². The van der Waals surface area contributed by atoms with Crippen LogP contribution in [-0.4, -0.2) is 52.4 Å². The molecule has 4 aliphatic rings. The van der Waals surface area contributed by atoms with Gasteiger partial charge < -0.3 is 0 Å². The summed E-state index contributed by atoms with van der Waals surface area (Å²) in [5.41, 5.74) is 2.22. The van der Waals surface area contributed by atoms with Gasteiger partial charge in [0.25, 0.3) is 5.69 Å². The van der Waals surface area contributed by atoms with Crippen LogP contribution in [0.4, 0.5) is 5.69 Å². The average molecular weight is 423 g/mol. The third-order valence-electron chi connectivity index (χ3n) is 7.48. The van der Waals surface area contributed by atoms with Gasteiger partial charge >= 0.3 is 0 Å². The summed E-state index contributed by atoms with van der Waals surface area (Å²) in [7, 11) is 2.97. The largest absolute Gasteiger partial charge is 0.285 e. The Balaban J connectivity index is 1.66. The second-order valence-corrected chi connectivity index (χ2v) is 8.88. The Morgan fingerprint density at radius 2 is 1.39 bits per heavy atom. The summed E-state index contributed by atoms with van der Waals surface area (Å²) in [4.78, 5) is 64.0. The molecule has 4 amide bonds. The number of nitro groups is 1. The minimum absolute atomic E-state index is 0.0638. The summed E-state index contributed by atoms with van der Waals surface area (Å²) in [6.07, 6.45) is 1.31. The van der Waals surface area contributed by atoms with E-state index >= 15 is 0 Å². The van der Waals surface area contributed by atoms with Crippen LogP contribution in [-0.2, 0) is 19.2 Å². The van der Waals surface area contributed by atoms with Crippen molar-refractivity contribution in [3.05, 3.63) is 45.5 Å². The molecule has 0 bridgehead atoms. The Morgan fingerprint density at radius 1 is 0.839 bits per heavy atom. The molecule has 1 aromatic carbocycles. The first-order valence-electron chi connectivity index (χ1n) is 10.3. The number of carbonyl (C=O) groups excluding carboxylic acids is 4. The molecule has 0 N–H and O–H groups in total. The number of carbonyl (C=O) groups is 4. The van der Waals surface area contributed by atoms with E-state index in [2.05, 4.69) is 0 Å². The summed E-state index contributed by atoms with van der Waals surface area (Å²) < 4.78 is 0. The lowest BCUT2D eigenvalue weighted by Gasteiger charge is -2.40. The predicted octanol–water partition coefficient (Wildman–Crippen LogP) is 1.62. The standard InChI is InChI=1S/C22H21N3O6/c1-23-19(26)14-7-11-8-16-18(22(29)24(2)21(16)28)17(13(11)9-15(14)20(23)27)10-3-5-12(6-4-10)25(30)31/h3-6,11,14-16,18H,7-9H2,1-2H3/t11-,14+,15-,16+,18+/m0/s1. The number of fused-ring (bicyclic) bond motifs is 3. The Bertz CT molecular complexity index is 1090. The highest BCUT2D eigenvalue weighted by Crippen LogP contribution is 2.55. The van der Waals surface area contributed by atoms with Gasteiger partial charge in [-0.25, -0.2) is 0 Å². The normalized spacial score (nSPS) is 32.4. The number of imide groups is 2. The number of allylic oxidation sites excluding steroid dienone is 1. The fourth-order valence-electron chi connectivity index (χ4n) is 5.94. The maximum absolute atomic E-state index is 13.0. The molecule has 1 aromatic rings. The Labute approximate surface area is 177 Å². The smallest absolute Gasteiger partial charge is 0.269 e. The van der Waals surface area contributed by atoms with E-state index in [1.165, 1.54) is 31.1 Å². The molecule has 2 heterocycles. The van der Waals surface area contributed by atoms with Gasteiger partial charge in [-0.1, -0.05) is 5.57 Å². The van der Waals surface area contributed by atoms with Crippen LogP contribution in [0.1, 0.15) is 24.8 Å². The van der Waals surface area contributed by atoms with E-state index in [4.69, 9.17) is 0 Å². The minimum Gasteiger partial charge on any atom is -0.285 e. The van der Waals surface area contributed by atoms with Gasteiger partial charge in [-0.3, -0.25) is 39.1 Å². The van der Waals surface area contributed by atoms with Gasteiger partial charge in [0.2, 0.25) is 23.6 Å². The zero-order valence-corrected chi connectivity index (χ0v) is 17.1. The van der Waals surface area contributed by atoms with E-state index in [0.29, 0.717) is 30.4 Å². The highest BCUT2D eigenvalue weighted by atomic mass is 16.6. The lowest BCUT2D eigenvalue weighted by molar-refractivity contribution is -0.384. The van der Waals surface area contributed by atoms with Gasteiger partial charge in [0.05, 0.1) is 28.6 Å². The maximum Gasteiger partial charge on any atom is 0.269 e. The number of nitrogens with zero attached hydrogens (tertiary/aromatic N) is 3. The van der Waals surface area contributed by atoms with E-state index in [1.807, 2.05) is 0 Å². The number of benzene rings is 1. The summed E-state index contributed by atoms with van der Waals surface area (Å²) in [5.74, 6) is -3.03. The molecule has 3 fully saturated rings. The summed E-state index contributed by atoms with van der Waals surface area (Å²) in [6, 6.07) is 5.98. The second kappa shape index (κ2) is 6.57. The number of non-ortho nitro benzene ring substituents is 1. The molecule has 0 aromatic heterocycles. The van der Waals surface area contributed by atoms with Crippen LogP contribution in [0.5, 0.6) is 0 Å². The van der Waals surface area contributed by atoms with Crippen LogP contribution in [0.15, 0.2) is 29.8 Å². The summed E-state index contributed by atoms with van der Waals surface area (Å²) in [5, 5.41) is 11.1. The van der Waals surface area contributed by atoms with E-state index < -0.39 is 28.6 Å². The van der Waals surface area contributed by atoms with Gasteiger partial charge in [-0.15, -0.1) is 0 Å². The number of rotatable bonds is 2. The van der Waals surface area contributed by atoms with E-state index in [9.17, 15) is 29.3 Å². The minimum atomic E-state index is -0.660. The number of nitro benzene ring substituents is 1. The maximum atomic E-state index is 13.0. The quantitative estimate of drug-likeness (QED) is 0.405. The van der Waals surface area contributed by atoms with Crippen molar-refractivity contribution in [2.45, 2.75) is 19.3 Å². The molecular weight excluding hydrogens is 402 g/mol. The second-order valence-electron chi connectivity index (χ2n) is 8.88. The van der Waals surface area contributed by atoms with Crippen LogP contribution in [0, 0.1) is 39.7 Å². The van der Waals surface area contributed by atoms with Gasteiger partial charge in [0, 0.05) is 26.2 Å². The Morgan fingerprint density at radius 3 is 2.03 bits per heavy atom. The lowest BCUT2D eigenvalue weighted by Crippen LogP contribution is -2.36. The zero-order chi connectivity index (χ0) is 22.2. The first-order valence-corrected chi connectivity index (χ1v) is 10.3. The van der Waals surface area contributed by atoms with Gasteiger partial charge in [0.15, 0.2) is 0 Å². The predicted molar refractivity (Wildman–Crippen MR) is 107 cm³/mol. The van der Waals surface area contributed by atoms with Crippen LogP contribution in [0.2, 0.25) is 0 Å². The van der Waals surface area contributed by atoms with Crippen molar-refractivity contribution < 1.29 is 24.1 Å². The van der Waals surface area contributed by atoms with E-state index in [1.54, 1.807) is 12.1 Å². The number of hydrogen-bond donors (Lipinski definition) is 0. The highest BCUT2D eigenvalue weighted by molar-refractivity contribution is 6.11. The first-order chi connectivity index (χ1) is 14.7. The summed E-state index contributed by atoms with van der Waals surface area (Å²) >= 11 is 0. The molecule has 0 radical (unpaired) electrons. The third kappa shape index (κ3) is 2.62. The zero-order valence-electron chi connectivity index (χ0n) is 17.1. The lowest BCUT2D eigenvalue weighted by atomic mass is 9.61. The molecule has 5 rings (SSSR count). The third-order valence-corrected chi connectivity index (χ3v) is 7.48. The van der Waals surface area contributed by atoms with E-state index in [-0.39, 0.29) is 35.2 Å². The van der Waals surface area contributed by atoms with Crippen LogP contribution in [0.25, 0.3) is 5.57 Å². The van der Waals surface area contributed by atoms with Gasteiger partial charge in [-0.05, 0) is 48.4 Å². The number of hydrogen-bond acceptors (Lipinski definition) is 6. The molecule has 0 spiro atoms. The van der Waals surface area contributed by atoms with Crippen molar-refractivity contribution in [2.75, 3.05) is 14.1 Å². The average Bonchev–Trinajstić information content (AvgIpc) is 3.11. The number of likely N-dealkylation sites (tertiary alicyclic amines) is 2. The van der Waals surface area contributed by atoms with Crippen LogP contribution < -0.4 is 0 Å². The summed E-state index contributed by atoms with van der Waals surface area (Å²) in [6.45, 7) is 0. The molecule has 31 heavy (non-hydrogen) atoms. The van der Waals surface area contributed by atoms with Crippen LogP contribution in [0.3, 0.4) is 0 Å². The SMILES string of the molecule is CN1C(=O)[C@H]2C(c3ccc([N+](=O)[O-])cc3)=C3C[C@@H]4C(=O)N(C)C(=O)[C@@H]4C[C@H]3C[C@H]2C1=O. The highest BCUT2D eigenvalue weighted by Gasteiger charge is 2.57. The molecule has 9 nitrogen and oxygen atoms in total. The molecule has 2 saturated heterocycles. The number of amides is 4. The van der Waals surface area contributed by atoms with E-state index in [0.717, 1.165) is 10.5 Å². The fraction of sp³-hybridized carbons (Fsp3) is 0.455. The van der Waals surface area contributed by atoms with Crippen LogP contribution >= 0.6 is 0 Å². The van der Waals surface area contributed by atoms with Crippen molar-refractivity contribution in [1.29, 1.82) is 0 Å². The Kier molecular flexibility index (Phi) is 4.15.